The molecule has 0 radical (unpaired) electrons. The van der Waals surface area contributed by atoms with E-state index in [2.05, 4.69) is 15.5 Å². The Morgan fingerprint density at radius 3 is 3.27 bits per heavy atom. The molecule has 4 nitrogen and oxygen atoms in total. The summed E-state index contributed by atoms with van der Waals surface area (Å²) in [6.45, 7) is 2.63. The van der Waals surface area contributed by atoms with Gasteiger partial charge in [-0.2, -0.15) is 5.10 Å². The van der Waals surface area contributed by atoms with Gasteiger partial charge < -0.3 is 10.1 Å². The van der Waals surface area contributed by atoms with E-state index in [4.69, 9.17) is 4.74 Å². The first-order valence-corrected chi connectivity index (χ1v) is 5.79. The highest BCUT2D eigenvalue weighted by Crippen LogP contribution is 2.23. The summed E-state index contributed by atoms with van der Waals surface area (Å²) in [4.78, 5) is 0. The van der Waals surface area contributed by atoms with Crippen LogP contribution in [0.4, 0.5) is 0 Å². The number of morpholine rings is 1. The van der Waals surface area contributed by atoms with E-state index in [0.717, 1.165) is 26.2 Å². The molecule has 3 rings (SSSR count). The second-order valence-electron chi connectivity index (χ2n) is 4.41. The molecule has 1 aliphatic carbocycles. The van der Waals surface area contributed by atoms with Gasteiger partial charge in [0.15, 0.2) is 0 Å². The van der Waals surface area contributed by atoms with Gasteiger partial charge in [0.2, 0.25) is 0 Å². The number of nitrogens with one attached hydrogen (secondary N) is 2. The Balaban J connectivity index is 1.70. The van der Waals surface area contributed by atoms with Crippen LogP contribution >= 0.6 is 0 Å². The number of aromatic nitrogens is 2. The minimum Gasteiger partial charge on any atom is -0.379 e. The van der Waals surface area contributed by atoms with Gasteiger partial charge in [0, 0.05) is 24.7 Å². The highest BCUT2D eigenvalue weighted by Gasteiger charge is 2.21. The lowest BCUT2D eigenvalue weighted by Crippen LogP contribution is -2.42. The topological polar surface area (TPSA) is 49.9 Å². The normalized spacial score (nSPS) is 25.5. The molecule has 1 unspecified atom stereocenters. The molecule has 0 bridgehead atoms. The third kappa shape index (κ3) is 1.79. The highest BCUT2D eigenvalue weighted by atomic mass is 16.5. The Morgan fingerprint density at radius 2 is 2.40 bits per heavy atom. The maximum atomic E-state index is 5.45. The van der Waals surface area contributed by atoms with E-state index in [-0.39, 0.29) is 0 Å². The monoisotopic (exact) mass is 207 g/mol. The maximum absolute atomic E-state index is 5.45. The molecular weight excluding hydrogens is 190 g/mol. The van der Waals surface area contributed by atoms with Gasteiger partial charge in [0.25, 0.3) is 0 Å². The molecule has 2 aliphatic rings. The summed E-state index contributed by atoms with van der Waals surface area (Å²) in [5, 5.41) is 11.0. The summed E-state index contributed by atoms with van der Waals surface area (Å²) in [5.74, 6) is 0. The molecule has 0 aromatic carbocycles. The molecule has 1 saturated heterocycles. The molecule has 1 aliphatic heterocycles. The van der Waals surface area contributed by atoms with Gasteiger partial charge in [0.1, 0.15) is 0 Å². The van der Waals surface area contributed by atoms with Crippen LogP contribution in [0.15, 0.2) is 0 Å². The lowest BCUT2D eigenvalue weighted by molar-refractivity contribution is 0.0766. The van der Waals surface area contributed by atoms with Gasteiger partial charge in [-0.3, -0.25) is 5.10 Å². The van der Waals surface area contributed by atoms with Gasteiger partial charge in [-0.05, 0) is 24.8 Å². The van der Waals surface area contributed by atoms with Crippen LogP contribution in [-0.2, 0) is 24.0 Å². The summed E-state index contributed by atoms with van der Waals surface area (Å²) in [6.07, 6.45) is 4.67. The van der Waals surface area contributed by atoms with Crippen LogP contribution in [-0.4, -0.2) is 36.0 Å². The van der Waals surface area contributed by atoms with Crippen molar-refractivity contribution in [3.8, 4) is 0 Å². The smallest absolute Gasteiger partial charge is 0.0673 e. The van der Waals surface area contributed by atoms with E-state index in [1.807, 2.05) is 0 Å². The molecule has 0 saturated carbocycles. The zero-order valence-electron chi connectivity index (χ0n) is 8.88. The van der Waals surface area contributed by atoms with Gasteiger partial charge in [0.05, 0.1) is 18.9 Å². The van der Waals surface area contributed by atoms with E-state index in [9.17, 15) is 0 Å². The number of aromatic amines is 1. The molecule has 1 fully saturated rings. The summed E-state index contributed by atoms with van der Waals surface area (Å²) < 4.78 is 5.45. The van der Waals surface area contributed by atoms with Crippen LogP contribution in [0.5, 0.6) is 0 Å². The van der Waals surface area contributed by atoms with Gasteiger partial charge in [-0.1, -0.05) is 0 Å². The molecule has 1 aromatic heterocycles. The van der Waals surface area contributed by atoms with Crippen molar-refractivity contribution in [2.45, 2.75) is 31.7 Å². The predicted molar refractivity (Wildman–Crippen MR) is 56.9 cm³/mol. The number of nitrogens with zero attached hydrogens (tertiary/aromatic N) is 1. The number of hydrogen-bond donors (Lipinski definition) is 2. The van der Waals surface area contributed by atoms with Crippen molar-refractivity contribution in [2.24, 2.45) is 0 Å². The van der Waals surface area contributed by atoms with Crippen molar-refractivity contribution in [3.63, 3.8) is 0 Å². The maximum Gasteiger partial charge on any atom is 0.0673 e. The van der Waals surface area contributed by atoms with Crippen LogP contribution in [0.2, 0.25) is 0 Å². The molecule has 15 heavy (non-hydrogen) atoms. The molecule has 82 valence electrons. The first-order chi connectivity index (χ1) is 7.43. The van der Waals surface area contributed by atoms with Crippen LogP contribution < -0.4 is 5.32 Å². The molecular formula is C11H17N3O. The molecule has 0 spiro atoms. The lowest BCUT2D eigenvalue weighted by Gasteiger charge is -2.23. The van der Waals surface area contributed by atoms with Crippen molar-refractivity contribution in [3.05, 3.63) is 17.0 Å². The third-order valence-electron chi connectivity index (χ3n) is 3.33. The molecule has 4 heteroatoms. The predicted octanol–water partition coefficient (Wildman–Crippen LogP) is 0.429. The van der Waals surface area contributed by atoms with E-state index in [1.54, 1.807) is 0 Å². The number of ether oxygens (including phenoxy) is 1. The van der Waals surface area contributed by atoms with Crippen molar-refractivity contribution in [2.75, 3.05) is 19.8 Å². The largest absolute Gasteiger partial charge is 0.379 e. The minimum absolute atomic E-state index is 0.451. The zero-order chi connectivity index (χ0) is 10.1. The first kappa shape index (κ1) is 9.36. The molecule has 2 heterocycles. The average Bonchev–Trinajstić information content (AvgIpc) is 2.85. The van der Waals surface area contributed by atoms with Crippen LogP contribution in [0.3, 0.4) is 0 Å². The lowest BCUT2D eigenvalue weighted by atomic mass is 10.1. The quantitative estimate of drug-likeness (QED) is 0.739. The van der Waals surface area contributed by atoms with E-state index in [1.165, 1.54) is 36.2 Å². The van der Waals surface area contributed by atoms with Gasteiger partial charge in [-0.15, -0.1) is 0 Å². The van der Waals surface area contributed by atoms with E-state index in [0.29, 0.717) is 6.04 Å². The Kier molecular flexibility index (Phi) is 2.46. The summed E-state index contributed by atoms with van der Waals surface area (Å²) >= 11 is 0. The second kappa shape index (κ2) is 3.94. The first-order valence-electron chi connectivity index (χ1n) is 5.79. The molecule has 1 atom stereocenters. The van der Waals surface area contributed by atoms with E-state index >= 15 is 0 Å². The molecule has 1 aromatic rings. The summed E-state index contributed by atoms with van der Waals surface area (Å²) in [5.41, 5.74) is 4.09. The number of rotatable bonds is 2. The van der Waals surface area contributed by atoms with E-state index < -0.39 is 0 Å². The van der Waals surface area contributed by atoms with Crippen molar-refractivity contribution in [1.82, 2.24) is 15.5 Å². The Morgan fingerprint density at radius 1 is 1.40 bits per heavy atom. The van der Waals surface area contributed by atoms with Crippen molar-refractivity contribution >= 4 is 0 Å². The van der Waals surface area contributed by atoms with Crippen LogP contribution in [0.25, 0.3) is 0 Å². The van der Waals surface area contributed by atoms with Gasteiger partial charge >= 0.3 is 0 Å². The fraction of sp³-hybridized carbons (Fsp3) is 0.727. The van der Waals surface area contributed by atoms with Crippen molar-refractivity contribution in [1.29, 1.82) is 0 Å². The van der Waals surface area contributed by atoms with Gasteiger partial charge in [-0.25, -0.2) is 0 Å². The Labute approximate surface area is 89.4 Å². The SMILES string of the molecule is C1Cc2[nH]nc(CC3COCCN3)c2C1. The fourth-order valence-electron chi connectivity index (χ4n) is 2.54. The van der Waals surface area contributed by atoms with Crippen LogP contribution in [0, 0.1) is 0 Å². The standard InChI is InChI=1S/C11H17N3O/c1-2-9-10(3-1)13-14-11(9)6-8-7-15-5-4-12-8/h8,12H,1-7H2,(H,13,14). The Hall–Kier alpha value is -0.870. The molecule has 0 amide bonds. The zero-order valence-corrected chi connectivity index (χ0v) is 8.88. The number of hydrogen-bond acceptors (Lipinski definition) is 3. The summed E-state index contributed by atoms with van der Waals surface area (Å²) in [6, 6.07) is 0.451. The van der Waals surface area contributed by atoms with Crippen molar-refractivity contribution < 1.29 is 4.74 Å². The average molecular weight is 207 g/mol. The number of fused-ring (bicyclic) bond motifs is 1. The minimum atomic E-state index is 0.451. The fourth-order valence-corrected chi connectivity index (χ4v) is 2.54. The number of H-pyrrole nitrogens is 1. The summed E-state index contributed by atoms with van der Waals surface area (Å²) in [7, 11) is 0. The van der Waals surface area contributed by atoms with Crippen LogP contribution in [0.1, 0.15) is 23.4 Å². The Bertz CT molecular complexity index is 342. The second-order valence-corrected chi connectivity index (χ2v) is 4.41. The third-order valence-corrected chi connectivity index (χ3v) is 3.33. The molecule has 2 N–H and O–H groups in total. The number of aryl methyl sites for hydroxylation is 1. The highest BCUT2D eigenvalue weighted by molar-refractivity contribution is 5.30.